The Morgan fingerprint density at radius 1 is 0.303 bits per heavy atom. The van der Waals surface area contributed by atoms with Crippen LogP contribution in [-0.2, 0) is 0 Å². The molecule has 0 bridgehead atoms. The van der Waals surface area contributed by atoms with Crippen LogP contribution in [0.1, 0.15) is 0 Å². The summed E-state index contributed by atoms with van der Waals surface area (Å²) < 4.78 is 18.8. The molecule has 0 amide bonds. The first-order valence-corrected chi connectivity index (χ1v) is 16.1. The van der Waals surface area contributed by atoms with Gasteiger partial charge in [0.05, 0.1) is 0 Å². The first kappa shape index (κ1) is 21.3. The molecule has 0 unspecified atom stereocenters. The van der Waals surface area contributed by atoms with Crippen molar-refractivity contribution in [3.8, 4) is 0 Å². The predicted octanol–water partition coefficient (Wildman–Crippen LogP) is 3.96. The number of benzene rings is 5. The van der Waals surface area contributed by atoms with Gasteiger partial charge >= 0.3 is 7.93 Å². The van der Waals surface area contributed by atoms with Gasteiger partial charge in [-0.1, -0.05) is 152 Å². The molecule has 0 saturated carbocycles. The molecule has 0 aliphatic carbocycles. The minimum absolute atomic E-state index is 0.819. The molecule has 0 atom stereocenters. The SMILES string of the molecule is F[Si](c1ccccc1)(c1ccccc1)[Si](c1ccccc1)(c1ccccc1)c1ccccc1. The van der Waals surface area contributed by atoms with Crippen molar-refractivity contribution >= 4 is 41.5 Å². The summed E-state index contributed by atoms with van der Waals surface area (Å²) in [5, 5.41) is 4.94. The van der Waals surface area contributed by atoms with Gasteiger partial charge in [0.15, 0.2) is 7.59 Å². The summed E-state index contributed by atoms with van der Waals surface area (Å²) in [6.45, 7) is 0. The van der Waals surface area contributed by atoms with E-state index < -0.39 is 15.5 Å². The molecule has 0 nitrogen and oxygen atoms in total. The van der Waals surface area contributed by atoms with Crippen molar-refractivity contribution in [1.82, 2.24) is 0 Å². The zero-order valence-corrected chi connectivity index (χ0v) is 20.3. The van der Waals surface area contributed by atoms with Crippen molar-refractivity contribution in [2.24, 2.45) is 0 Å². The van der Waals surface area contributed by atoms with Gasteiger partial charge in [-0.15, -0.1) is 0 Å². The van der Waals surface area contributed by atoms with Gasteiger partial charge in [-0.3, -0.25) is 0 Å². The average Bonchev–Trinajstić information content (AvgIpc) is 2.92. The molecule has 0 aromatic heterocycles. The van der Waals surface area contributed by atoms with Crippen LogP contribution in [0.2, 0.25) is 0 Å². The van der Waals surface area contributed by atoms with Gasteiger partial charge in [0.25, 0.3) is 0 Å². The molecule has 0 saturated heterocycles. The van der Waals surface area contributed by atoms with Crippen molar-refractivity contribution < 1.29 is 4.11 Å². The molecule has 0 heterocycles. The minimum atomic E-state index is -3.86. The van der Waals surface area contributed by atoms with Gasteiger partial charge in [-0.05, 0) is 25.9 Å². The summed E-state index contributed by atoms with van der Waals surface area (Å²) in [6, 6.07) is 51.0. The number of hydrogen-bond donors (Lipinski definition) is 0. The van der Waals surface area contributed by atoms with Crippen molar-refractivity contribution in [3.63, 3.8) is 0 Å². The highest BCUT2D eigenvalue weighted by molar-refractivity contribution is 7.61. The van der Waals surface area contributed by atoms with Gasteiger partial charge in [-0.25, -0.2) is 0 Å². The second kappa shape index (κ2) is 9.14. The van der Waals surface area contributed by atoms with E-state index in [4.69, 9.17) is 0 Å². The molecule has 5 rings (SSSR count). The normalized spacial score (nSPS) is 11.8. The maximum absolute atomic E-state index is 18.8. The lowest BCUT2D eigenvalue weighted by Gasteiger charge is -2.44. The third kappa shape index (κ3) is 3.50. The van der Waals surface area contributed by atoms with Crippen molar-refractivity contribution in [1.29, 1.82) is 0 Å². The Labute approximate surface area is 197 Å². The van der Waals surface area contributed by atoms with E-state index in [0.717, 1.165) is 25.9 Å². The van der Waals surface area contributed by atoms with Crippen LogP contribution in [-0.4, -0.2) is 15.5 Å². The minimum Gasteiger partial charge on any atom is -0.305 e. The van der Waals surface area contributed by atoms with Gasteiger partial charge in [0.1, 0.15) is 0 Å². The summed E-state index contributed by atoms with van der Waals surface area (Å²) in [4.78, 5) is 0. The first-order valence-electron chi connectivity index (χ1n) is 11.2. The van der Waals surface area contributed by atoms with Crippen molar-refractivity contribution in [3.05, 3.63) is 152 Å². The topological polar surface area (TPSA) is 0 Å². The van der Waals surface area contributed by atoms with Gasteiger partial charge in [0, 0.05) is 0 Å². The van der Waals surface area contributed by atoms with Crippen LogP contribution in [0.4, 0.5) is 4.11 Å². The molecule has 5 aromatic carbocycles. The quantitative estimate of drug-likeness (QED) is 0.204. The molecule has 0 N–H and O–H groups in total. The predicted molar refractivity (Wildman–Crippen MR) is 143 cm³/mol. The van der Waals surface area contributed by atoms with Crippen LogP contribution in [0.3, 0.4) is 0 Å². The van der Waals surface area contributed by atoms with Crippen LogP contribution in [0, 0.1) is 0 Å². The number of rotatable bonds is 6. The molecule has 0 spiro atoms. The standard InChI is InChI=1S/C30H25FSi2/c31-33(29-22-12-4-13-23-29,30-24-14-5-15-25-30)32(26-16-6-1-7-17-26,27-18-8-2-9-19-27)28-20-10-3-11-21-28/h1-25H. The lowest BCUT2D eigenvalue weighted by Crippen LogP contribution is -2.88. The monoisotopic (exact) mass is 460 g/mol. The van der Waals surface area contributed by atoms with Crippen molar-refractivity contribution in [2.45, 2.75) is 0 Å². The Hall–Kier alpha value is -3.54. The van der Waals surface area contributed by atoms with Gasteiger partial charge in [0.2, 0.25) is 0 Å². The zero-order chi connectivity index (χ0) is 22.6. The summed E-state index contributed by atoms with van der Waals surface area (Å²) in [5.41, 5.74) is 0. The van der Waals surface area contributed by atoms with Crippen LogP contribution < -0.4 is 25.9 Å². The van der Waals surface area contributed by atoms with E-state index in [2.05, 4.69) is 36.4 Å². The summed E-state index contributed by atoms with van der Waals surface area (Å²) in [6.07, 6.45) is 0. The van der Waals surface area contributed by atoms with E-state index in [1.165, 1.54) is 0 Å². The Morgan fingerprint density at radius 2 is 0.515 bits per heavy atom. The van der Waals surface area contributed by atoms with Crippen LogP contribution >= 0.6 is 0 Å². The molecular weight excluding hydrogens is 436 g/mol. The summed E-state index contributed by atoms with van der Waals surface area (Å²) in [5.74, 6) is 0. The first-order chi connectivity index (χ1) is 16.3. The van der Waals surface area contributed by atoms with Crippen LogP contribution in [0.5, 0.6) is 0 Å². The Morgan fingerprint density at radius 3 is 0.758 bits per heavy atom. The van der Waals surface area contributed by atoms with E-state index in [1.807, 2.05) is 115 Å². The fourth-order valence-electron chi connectivity index (χ4n) is 5.10. The molecule has 0 aliphatic rings. The maximum Gasteiger partial charge on any atom is 0.308 e. The fraction of sp³-hybridized carbons (Fsp3) is 0. The fourth-order valence-corrected chi connectivity index (χ4v) is 20.5. The molecule has 0 radical (unpaired) electrons. The van der Waals surface area contributed by atoms with E-state index >= 15 is 4.11 Å². The highest BCUT2D eigenvalue weighted by Crippen LogP contribution is 2.23. The Balaban J connectivity index is 2.01. The zero-order valence-electron chi connectivity index (χ0n) is 18.3. The smallest absolute Gasteiger partial charge is 0.305 e. The van der Waals surface area contributed by atoms with E-state index in [1.54, 1.807) is 0 Å². The second-order valence-corrected chi connectivity index (χ2v) is 18.3. The molecule has 5 aromatic rings. The van der Waals surface area contributed by atoms with E-state index in [0.29, 0.717) is 0 Å². The number of hydrogen-bond acceptors (Lipinski definition) is 0. The third-order valence-corrected chi connectivity index (χ3v) is 20.8. The van der Waals surface area contributed by atoms with Crippen LogP contribution in [0.25, 0.3) is 0 Å². The molecule has 160 valence electrons. The average molecular weight is 461 g/mol. The molecular formula is C30H25FSi2. The lowest BCUT2D eigenvalue weighted by molar-refractivity contribution is 0.849. The number of halogens is 1. The molecule has 3 heteroatoms. The second-order valence-electron chi connectivity index (χ2n) is 8.24. The summed E-state index contributed by atoms with van der Waals surface area (Å²) in [7, 11) is -7.05. The van der Waals surface area contributed by atoms with E-state index in [-0.39, 0.29) is 0 Å². The molecule has 33 heavy (non-hydrogen) atoms. The lowest BCUT2D eigenvalue weighted by atomic mass is 10.3. The molecule has 0 fully saturated rings. The maximum atomic E-state index is 18.8. The van der Waals surface area contributed by atoms with Gasteiger partial charge in [-0.2, -0.15) is 0 Å². The summed E-state index contributed by atoms with van der Waals surface area (Å²) >= 11 is 0. The Kier molecular flexibility index (Phi) is 5.90. The van der Waals surface area contributed by atoms with Crippen LogP contribution in [0.15, 0.2) is 152 Å². The van der Waals surface area contributed by atoms with Crippen molar-refractivity contribution in [2.75, 3.05) is 0 Å². The largest absolute Gasteiger partial charge is 0.308 e. The highest BCUT2D eigenvalue weighted by atomic mass is 29.3. The highest BCUT2D eigenvalue weighted by Gasteiger charge is 2.63. The van der Waals surface area contributed by atoms with Gasteiger partial charge < -0.3 is 4.11 Å². The Bertz CT molecular complexity index is 1160. The third-order valence-electron chi connectivity index (χ3n) is 6.48. The molecule has 0 aliphatic heterocycles. The van der Waals surface area contributed by atoms with E-state index in [9.17, 15) is 0 Å².